The van der Waals surface area contributed by atoms with Crippen LogP contribution in [0.4, 0.5) is 0 Å². The summed E-state index contributed by atoms with van der Waals surface area (Å²) in [6, 6.07) is 8.47. The molecule has 3 rings (SSSR count). The van der Waals surface area contributed by atoms with Crippen LogP contribution in [-0.4, -0.2) is 0 Å². The van der Waals surface area contributed by atoms with Gasteiger partial charge in [0.2, 0.25) is 0 Å². The van der Waals surface area contributed by atoms with E-state index in [1.165, 1.54) is 17.1 Å². The lowest BCUT2D eigenvalue weighted by molar-refractivity contribution is 0.444. The normalized spacial score (nSPS) is 22.9. The van der Waals surface area contributed by atoms with Crippen LogP contribution in [0.15, 0.2) is 34.1 Å². The molecule has 2 nitrogen and oxygen atoms in total. The Morgan fingerprint density at radius 3 is 2.94 bits per heavy atom. The van der Waals surface area contributed by atoms with Gasteiger partial charge >= 0.3 is 0 Å². The van der Waals surface area contributed by atoms with Crippen molar-refractivity contribution in [2.24, 2.45) is 5.92 Å². The molecule has 0 spiro atoms. The molecule has 1 N–H and O–H groups in total. The van der Waals surface area contributed by atoms with Gasteiger partial charge in [-0.1, -0.05) is 13.0 Å². The van der Waals surface area contributed by atoms with Gasteiger partial charge in [0.1, 0.15) is 11.5 Å². The summed E-state index contributed by atoms with van der Waals surface area (Å²) < 4.78 is 5.84. The summed E-state index contributed by atoms with van der Waals surface area (Å²) in [7, 11) is 0. The number of furan rings is 1. The van der Waals surface area contributed by atoms with Gasteiger partial charge in [-0.2, -0.15) is 0 Å². The number of nitrogens with one attached hydrogen (secondary N) is 1. The van der Waals surface area contributed by atoms with Gasteiger partial charge in [0, 0.05) is 17.3 Å². The Morgan fingerprint density at radius 1 is 1.35 bits per heavy atom. The van der Waals surface area contributed by atoms with E-state index in [0.717, 1.165) is 24.8 Å². The quantitative estimate of drug-likeness (QED) is 0.870. The summed E-state index contributed by atoms with van der Waals surface area (Å²) in [5, 5.41) is 5.51. The molecule has 1 aliphatic rings. The number of hydrogen-bond acceptors (Lipinski definition) is 3. The van der Waals surface area contributed by atoms with Crippen LogP contribution in [0.3, 0.4) is 0 Å². The minimum Gasteiger partial charge on any atom is -0.464 e. The van der Waals surface area contributed by atoms with E-state index in [4.69, 9.17) is 4.42 Å². The highest BCUT2D eigenvalue weighted by Gasteiger charge is 2.36. The molecule has 1 fully saturated rings. The van der Waals surface area contributed by atoms with Crippen LogP contribution in [0.2, 0.25) is 0 Å². The Hall–Kier alpha value is -1.06. The van der Waals surface area contributed by atoms with Gasteiger partial charge in [0.05, 0.1) is 6.54 Å². The maximum absolute atomic E-state index is 5.84. The van der Waals surface area contributed by atoms with Crippen molar-refractivity contribution in [1.82, 2.24) is 5.32 Å². The van der Waals surface area contributed by atoms with E-state index in [0.29, 0.717) is 5.92 Å². The minimum absolute atomic E-state index is 0.682. The maximum atomic E-state index is 5.84. The molecule has 2 atom stereocenters. The van der Waals surface area contributed by atoms with Crippen LogP contribution in [0, 0.1) is 5.92 Å². The molecule has 0 aromatic carbocycles. The summed E-state index contributed by atoms with van der Waals surface area (Å²) >= 11 is 1.79. The molecule has 90 valence electrons. The third-order valence-corrected chi connectivity index (χ3v) is 4.21. The van der Waals surface area contributed by atoms with Crippen molar-refractivity contribution < 1.29 is 4.42 Å². The Morgan fingerprint density at radius 2 is 2.24 bits per heavy atom. The molecular formula is C14H17NOS. The fraction of sp³-hybridized carbons (Fsp3) is 0.429. The van der Waals surface area contributed by atoms with Crippen molar-refractivity contribution in [2.75, 3.05) is 0 Å². The Balaban J connectivity index is 1.50. The van der Waals surface area contributed by atoms with Gasteiger partial charge in [-0.3, -0.25) is 0 Å². The molecule has 1 aliphatic carbocycles. The second-order valence-corrected chi connectivity index (χ2v) is 5.84. The lowest BCUT2D eigenvalue weighted by Gasteiger charge is -2.00. The van der Waals surface area contributed by atoms with Gasteiger partial charge in [-0.25, -0.2) is 0 Å². The van der Waals surface area contributed by atoms with Gasteiger partial charge < -0.3 is 9.73 Å². The lowest BCUT2D eigenvalue weighted by Crippen LogP contribution is -2.10. The molecule has 2 heterocycles. The molecular weight excluding hydrogens is 230 g/mol. The van der Waals surface area contributed by atoms with E-state index in [2.05, 4.69) is 41.9 Å². The highest BCUT2D eigenvalue weighted by atomic mass is 32.1. The highest BCUT2D eigenvalue weighted by molar-refractivity contribution is 7.09. The zero-order chi connectivity index (χ0) is 11.7. The van der Waals surface area contributed by atoms with Crippen LogP contribution in [0.5, 0.6) is 0 Å². The fourth-order valence-corrected chi connectivity index (χ4v) is 2.80. The minimum atomic E-state index is 0.682. The molecule has 2 aromatic rings. The molecule has 3 heteroatoms. The third-order valence-electron chi connectivity index (χ3n) is 3.34. The Labute approximate surface area is 106 Å². The number of rotatable bonds is 5. The highest BCUT2D eigenvalue weighted by Crippen LogP contribution is 2.47. The van der Waals surface area contributed by atoms with Crippen LogP contribution in [-0.2, 0) is 13.1 Å². The third kappa shape index (κ3) is 2.61. The van der Waals surface area contributed by atoms with Crippen LogP contribution in [0.1, 0.15) is 35.7 Å². The molecule has 0 bridgehead atoms. The smallest absolute Gasteiger partial charge is 0.117 e. The molecule has 1 saturated carbocycles. The molecule has 2 aromatic heterocycles. The standard InChI is InChI=1S/C14H17NOS/c1-10-7-13(10)14-5-4-11(16-14)8-15-9-12-3-2-6-17-12/h2-6,10,13,15H,7-9H2,1H3. The van der Waals surface area contributed by atoms with Crippen molar-refractivity contribution in [3.63, 3.8) is 0 Å². The van der Waals surface area contributed by atoms with Gasteiger partial charge in [0.25, 0.3) is 0 Å². The predicted octanol–water partition coefficient (Wildman–Crippen LogP) is 3.75. The average molecular weight is 247 g/mol. The molecule has 0 aliphatic heterocycles. The zero-order valence-electron chi connectivity index (χ0n) is 9.98. The second kappa shape index (κ2) is 4.67. The molecule has 0 saturated heterocycles. The fourth-order valence-electron chi connectivity index (χ4n) is 2.13. The lowest BCUT2D eigenvalue weighted by atomic mass is 10.3. The van der Waals surface area contributed by atoms with Crippen LogP contribution >= 0.6 is 11.3 Å². The second-order valence-electron chi connectivity index (χ2n) is 4.81. The van der Waals surface area contributed by atoms with Crippen molar-refractivity contribution in [3.8, 4) is 0 Å². The molecule has 0 amide bonds. The Bertz CT molecular complexity index is 474. The van der Waals surface area contributed by atoms with Crippen molar-refractivity contribution in [1.29, 1.82) is 0 Å². The predicted molar refractivity (Wildman–Crippen MR) is 70.1 cm³/mol. The van der Waals surface area contributed by atoms with Gasteiger partial charge in [0.15, 0.2) is 0 Å². The summed E-state index contributed by atoms with van der Waals surface area (Å²) in [6.07, 6.45) is 1.29. The summed E-state index contributed by atoms with van der Waals surface area (Å²) in [5.74, 6) is 3.72. The SMILES string of the molecule is CC1CC1c1ccc(CNCc2cccs2)o1. The van der Waals surface area contributed by atoms with E-state index in [-0.39, 0.29) is 0 Å². The van der Waals surface area contributed by atoms with Gasteiger partial charge in [-0.05, 0) is 35.9 Å². The van der Waals surface area contributed by atoms with Crippen LogP contribution < -0.4 is 5.32 Å². The van der Waals surface area contributed by atoms with Crippen molar-refractivity contribution in [3.05, 3.63) is 46.0 Å². The number of hydrogen-bond donors (Lipinski definition) is 1. The summed E-state index contributed by atoms with van der Waals surface area (Å²) in [4.78, 5) is 1.37. The monoisotopic (exact) mass is 247 g/mol. The average Bonchev–Trinajstić information content (AvgIpc) is 2.76. The maximum Gasteiger partial charge on any atom is 0.117 e. The topological polar surface area (TPSA) is 25.2 Å². The first-order valence-corrected chi connectivity index (χ1v) is 7.02. The first kappa shape index (κ1) is 11.1. The molecule has 2 unspecified atom stereocenters. The number of thiophene rings is 1. The van der Waals surface area contributed by atoms with Crippen molar-refractivity contribution in [2.45, 2.75) is 32.4 Å². The molecule has 0 radical (unpaired) electrons. The van der Waals surface area contributed by atoms with Gasteiger partial charge in [-0.15, -0.1) is 11.3 Å². The first-order chi connectivity index (χ1) is 8.33. The first-order valence-electron chi connectivity index (χ1n) is 6.14. The molecule has 17 heavy (non-hydrogen) atoms. The van der Waals surface area contributed by atoms with E-state index in [1.54, 1.807) is 11.3 Å². The van der Waals surface area contributed by atoms with E-state index >= 15 is 0 Å². The van der Waals surface area contributed by atoms with Crippen LogP contribution in [0.25, 0.3) is 0 Å². The summed E-state index contributed by atoms with van der Waals surface area (Å²) in [6.45, 7) is 4.02. The summed E-state index contributed by atoms with van der Waals surface area (Å²) in [5.41, 5.74) is 0. The largest absolute Gasteiger partial charge is 0.464 e. The van der Waals surface area contributed by atoms with E-state index in [9.17, 15) is 0 Å². The zero-order valence-corrected chi connectivity index (χ0v) is 10.8. The van der Waals surface area contributed by atoms with E-state index in [1.807, 2.05) is 0 Å². The van der Waals surface area contributed by atoms with E-state index < -0.39 is 0 Å². The Kier molecular flexibility index (Phi) is 3.04. The van der Waals surface area contributed by atoms with Crippen molar-refractivity contribution >= 4 is 11.3 Å².